The van der Waals surface area contributed by atoms with Crippen molar-refractivity contribution in [3.05, 3.63) is 0 Å². The summed E-state index contributed by atoms with van der Waals surface area (Å²) < 4.78 is 37.4. The highest BCUT2D eigenvalue weighted by molar-refractivity contribution is 7.80. The first-order valence-corrected chi connectivity index (χ1v) is 6.96. The molecule has 17 heavy (non-hydrogen) atoms. The molecule has 1 heterocycles. The van der Waals surface area contributed by atoms with E-state index in [-0.39, 0.29) is 12.8 Å². The minimum atomic E-state index is -3.99. The number of hydrogen-bond donors (Lipinski definition) is 1. The number of nitrogens with zero attached hydrogens (tertiary/aromatic N) is 1. The molecule has 0 aromatic carbocycles. The Bertz CT molecular complexity index is 212. The van der Waals surface area contributed by atoms with E-state index in [0.29, 0.717) is 19.0 Å². The molecule has 1 fully saturated rings. The highest BCUT2D eigenvalue weighted by Gasteiger charge is 2.40. The van der Waals surface area contributed by atoms with Gasteiger partial charge in [0.15, 0.2) is 0 Å². The molecule has 1 nitrogen and oxygen atoms in total. The maximum absolute atomic E-state index is 12.5. The third-order valence-electron chi connectivity index (χ3n) is 3.61. The highest BCUT2D eigenvalue weighted by atomic mass is 32.1. The second kappa shape index (κ2) is 6.88. The first-order chi connectivity index (χ1) is 7.93. The normalized spacial score (nSPS) is 21.7. The topological polar surface area (TPSA) is 3.24 Å². The van der Waals surface area contributed by atoms with Gasteiger partial charge in [0, 0.05) is 0 Å². The molecule has 0 aromatic heterocycles. The van der Waals surface area contributed by atoms with Crippen molar-refractivity contribution < 1.29 is 13.2 Å². The monoisotopic (exact) mass is 269 g/mol. The van der Waals surface area contributed by atoms with Gasteiger partial charge >= 0.3 is 6.18 Å². The third kappa shape index (κ3) is 5.51. The fourth-order valence-electron chi connectivity index (χ4n) is 2.25. The van der Waals surface area contributed by atoms with Gasteiger partial charge in [-0.05, 0) is 57.0 Å². The van der Waals surface area contributed by atoms with Crippen molar-refractivity contribution in [3.8, 4) is 0 Å². The van der Waals surface area contributed by atoms with E-state index in [1.807, 2.05) is 0 Å². The van der Waals surface area contributed by atoms with Gasteiger partial charge in [-0.3, -0.25) is 0 Å². The van der Waals surface area contributed by atoms with Gasteiger partial charge < -0.3 is 4.90 Å². The van der Waals surface area contributed by atoms with Gasteiger partial charge in [-0.15, -0.1) is 0 Å². The fourth-order valence-corrected chi connectivity index (χ4v) is 2.69. The standard InChI is InChI=1S/C12H22F3NS/c1-10(5-9-17)2-6-16-7-3-11(4-8-16)12(13,14)15/h10-11,17H,2-9H2,1H3. The molecule has 1 aliphatic rings. The summed E-state index contributed by atoms with van der Waals surface area (Å²) in [6.45, 7) is 4.30. The van der Waals surface area contributed by atoms with E-state index in [4.69, 9.17) is 0 Å². The van der Waals surface area contributed by atoms with Crippen molar-refractivity contribution in [2.75, 3.05) is 25.4 Å². The van der Waals surface area contributed by atoms with E-state index in [2.05, 4.69) is 24.5 Å². The van der Waals surface area contributed by atoms with E-state index in [1.54, 1.807) is 0 Å². The summed E-state index contributed by atoms with van der Waals surface area (Å²) in [6, 6.07) is 0. The average molecular weight is 269 g/mol. The van der Waals surface area contributed by atoms with E-state index in [9.17, 15) is 13.2 Å². The Kier molecular flexibility index (Phi) is 6.13. The predicted octanol–water partition coefficient (Wildman–Crippen LogP) is 3.61. The van der Waals surface area contributed by atoms with Crippen LogP contribution in [-0.2, 0) is 0 Å². The lowest BCUT2D eigenvalue weighted by Crippen LogP contribution is -2.39. The van der Waals surface area contributed by atoms with E-state index in [0.717, 1.165) is 25.1 Å². The lowest BCUT2D eigenvalue weighted by atomic mass is 9.95. The quantitative estimate of drug-likeness (QED) is 0.746. The smallest absolute Gasteiger partial charge is 0.303 e. The highest BCUT2D eigenvalue weighted by Crippen LogP contribution is 2.34. The molecule has 0 N–H and O–H groups in total. The Balaban J connectivity index is 2.19. The molecule has 0 bridgehead atoms. The van der Waals surface area contributed by atoms with E-state index < -0.39 is 12.1 Å². The largest absolute Gasteiger partial charge is 0.391 e. The summed E-state index contributed by atoms with van der Waals surface area (Å²) in [5.41, 5.74) is 0. The van der Waals surface area contributed by atoms with E-state index in [1.165, 1.54) is 0 Å². The number of halogens is 3. The number of likely N-dealkylation sites (tertiary alicyclic amines) is 1. The van der Waals surface area contributed by atoms with Gasteiger partial charge in [0.05, 0.1) is 5.92 Å². The molecule has 0 amide bonds. The molecule has 102 valence electrons. The number of alkyl halides is 3. The summed E-state index contributed by atoms with van der Waals surface area (Å²) in [7, 11) is 0. The van der Waals surface area contributed by atoms with Crippen LogP contribution >= 0.6 is 12.6 Å². The minimum Gasteiger partial charge on any atom is -0.303 e. The van der Waals surface area contributed by atoms with Gasteiger partial charge in [-0.2, -0.15) is 25.8 Å². The summed E-state index contributed by atoms with van der Waals surface area (Å²) >= 11 is 4.18. The van der Waals surface area contributed by atoms with Gasteiger partial charge in [0.1, 0.15) is 0 Å². The summed E-state index contributed by atoms with van der Waals surface area (Å²) in [4.78, 5) is 2.16. The van der Waals surface area contributed by atoms with Crippen molar-refractivity contribution in [2.24, 2.45) is 11.8 Å². The number of piperidine rings is 1. The molecular formula is C12H22F3NS. The van der Waals surface area contributed by atoms with Crippen LogP contribution in [0.25, 0.3) is 0 Å². The Morgan fingerprint density at radius 1 is 1.24 bits per heavy atom. The molecule has 0 aromatic rings. The molecule has 1 atom stereocenters. The van der Waals surface area contributed by atoms with Crippen LogP contribution in [0.2, 0.25) is 0 Å². The SMILES string of the molecule is CC(CCS)CCN1CCC(C(F)(F)F)CC1. The summed E-state index contributed by atoms with van der Waals surface area (Å²) in [5.74, 6) is 0.429. The lowest BCUT2D eigenvalue weighted by molar-refractivity contribution is -0.185. The number of thiol groups is 1. The maximum atomic E-state index is 12.5. The van der Waals surface area contributed by atoms with Gasteiger partial charge in [-0.25, -0.2) is 0 Å². The Hall–Kier alpha value is 0.100. The van der Waals surface area contributed by atoms with Crippen LogP contribution in [0.5, 0.6) is 0 Å². The maximum Gasteiger partial charge on any atom is 0.391 e. The molecule has 1 saturated heterocycles. The molecular weight excluding hydrogens is 247 g/mol. The van der Waals surface area contributed by atoms with Crippen molar-refractivity contribution in [1.82, 2.24) is 4.90 Å². The zero-order valence-electron chi connectivity index (χ0n) is 10.3. The van der Waals surface area contributed by atoms with Crippen molar-refractivity contribution >= 4 is 12.6 Å². The Morgan fingerprint density at radius 3 is 2.29 bits per heavy atom. The molecule has 1 unspecified atom stereocenters. The van der Waals surface area contributed by atoms with Crippen LogP contribution in [0.15, 0.2) is 0 Å². The van der Waals surface area contributed by atoms with Crippen LogP contribution in [0.4, 0.5) is 13.2 Å². The van der Waals surface area contributed by atoms with Gasteiger partial charge in [0.2, 0.25) is 0 Å². The van der Waals surface area contributed by atoms with Gasteiger partial charge in [0.25, 0.3) is 0 Å². The van der Waals surface area contributed by atoms with Crippen LogP contribution in [0.1, 0.15) is 32.6 Å². The Labute approximate surface area is 107 Å². The lowest BCUT2D eigenvalue weighted by Gasteiger charge is -2.33. The zero-order valence-corrected chi connectivity index (χ0v) is 11.2. The molecule has 0 saturated carbocycles. The fraction of sp³-hybridized carbons (Fsp3) is 1.00. The van der Waals surface area contributed by atoms with Crippen molar-refractivity contribution in [3.63, 3.8) is 0 Å². The zero-order chi connectivity index (χ0) is 12.9. The average Bonchev–Trinajstić information content (AvgIpc) is 2.26. The van der Waals surface area contributed by atoms with Crippen LogP contribution in [-0.4, -0.2) is 36.5 Å². The summed E-state index contributed by atoms with van der Waals surface area (Å²) in [5, 5.41) is 0. The second-order valence-corrected chi connectivity index (χ2v) is 5.51. The van der Waals surface area contributed by atoms with Crippen molar-refractivity contribution in [1.29, 1.82) is 0 Å². The third-order valence-corrected chi connectivity index (χ3v) is 3.87. The first-order valence-electron chi connectivity index (χ1n) is 6.33. The molecule has 1 aliphatic heterocycles. The second-order valence-electron chi connectivity index (χ2n) is 5.06. The molecule has 1 rings (SSSR count). The van der Waals surface area contributed by atoms with E-state index >= 15 is 0 Å². The van der Waals surface area contributed by atoms with Crippen LogP contribution in [0, 0.1) is 11.8 Å². The van der Waals surface area contributed by atoms with Crippen LogP contribution in [0.3, 0.4) is 0 Å². The molecule has 0 aliphatic carbocycles. The predicted molar refractivity (Wildman–Crippen MR) is 67.5 cm³/mol. The van der Waals surface area contributed by atoms with Crippen LogP contribution < -0.4 is 0 Å². The first kappa shape index (κ1) is 15.2. The molecule has 5 heteroatoms. The number of hydrogen-bond acceptors (Lipinski definition) is 2. The summed E-state index contributed by atoms with van der Waals surface area (Å²) in [6.07, 6.45) is -1.31. The number of rotatable bonds is 5. The van der Waals surface area contributed by atoms with Crippen molar-refractivity contribution in [2.45, 2.75) is 38.8 Å². The minimum absolute atomic E-state index is 0.268. The Morgan fingerprint density at radius 2 is 1.82 bits per heavy atom. The molecule has 0 spiro atoms. The molecule has 0 radical (unpaired) electrons. The van der Waals surface area contributed by atoms with Gasteiger partial charge in [-0.1, -0.05) is 6.92 Å².